The summed E-state index contributed by atoms with van der Waals surface area (Å²) in [6.45, 7) is 2.22. The van der Waals surface area contributed by atoms with Gasteiger partial charge in [-0.25, -0.2) is 4.79 Å². The molecule has 0 fully saturated rings. The van der Waals surface area contributed by atoms with Crippen LogP contribution in [0.25, 0.3) is 11.0 Å². The molecule has 1 aromatic carbocycles. The highest BCUT2D eigenvalue weighted by atomic mass is 16.5. The third-order valence-corrected chi connectivity index (χ3v) is 2.79. The molecular weight excluding hydrogens is 258 g/mol. The summed E-state index contributed by atoms with van der Waals surface area (Å²) in [5.74, 6) is 6.75. The first-order valence-corrected chi connectivity index (χ1v) is 6.03. The van der Waals surface area contributed by atoms with Gasteiger partial charge in [0.05, 0.1) is 31.8 Å². The molecule has 0 spiro atoms. The Kier molecular flexibility index (Phi) is 4.16. The van der Waals surface area contributed by atoms with Crippen LogP contribution in [0.3, 0.4) is 0 Å². The molecule has 0 saturated carbocycles. The van der Waals surface area contributed by atoms with Gasteiger partial charge in [-0.3, -0.25) is 0 Å². The van der Waals surface area contributed by atoms with Crippen molar-refractivity contribution in [3.63, 3.8) is 0 Å². The minimum Gasteiger partial charge on any atom is -0.492 e. The number of nitrogens with one attached hydrogen (secondary N) is 1. The van der Waals surface area contributed by atoms with Crippen LogP contribution < -0.4 is 20.4 Å². The first-order chi connectivity index (χ1) is 9.71. The van der Waals surface area contributed by atoms with Gasteiger partial charge >= 0.3 is 5.63 Å². The average molecular weight is 273 g/mol. The summed E-state index contributed by atoms with van der Waals surface area (Å²) in [5.41, 5.74) is 0.681. The van der Waals surface area contributed by atoms with Crippen LogP contribution in [0.4, 0.5) is 5.69 Å². The van der Waals surface area contributed by atoms with E-state index in [-0.39, 0.29) is 0 Å². The van der Waals surface area contributed by atoms with Gasteiger partial charge in [-0.15, -0.1) is 5.92 Å². The minimum atomic E-state index is -0.413. The van der Waals surface area contributed by atoms with Crippen molar-refractivity contribution in [1.82, 2.24) is 0 Å². The topological polar surface area (TPSA) is 60.7 Å². The second kappa shape index (κ2) is 6.02. The van der Waals surface area contributed by atoms with Crippen molar-refractivity contribution in [2.75, 3.05) is 26.1 Å². The number of hydrogen-bond donors (Lipinski definition) is 1. The molecule has 104 valence electrons. The van der Waals surface area contributed by atoms with E-state index in [0.717, 1.165) is 0 Å². The van der Waals surface area contributed by atoms with E-state index in [0.29, 0.717) is 34.7 Å². The lowest BCUT2D eigenvalue weighted by Crippen LogP contribution is -2.04. The van der Waals surface area contributed by atoms with Crippen LogP contribution in [0.1, 0.15) is 6.92 Å². The Labute approximate surface area is 116 Å². The smallest absolute Gasteiger partial charge is 0.336 e. The molecule has 2 aromatic rings. The molecule has 1 heterocycles. The molecule has 5 nitrogen and oxygen atoms in total. The quantitative estimate of drug-likeness (QED) is 0.684. The summed E-state index contributed by atoms with van der Waals surface area (Å²) in [6, 6.07) is 4.70. The van der Waals surface area contributed by atoms with Gasteiger partial charge in [-0.05, 0) is 13.0 Å². The van der Waals surface area contributed by atoms with Gasteiger partial charge in [0.25, 0.3) is 0 Å². The number of methoxy groups -OCH3 is 2. The van der Waals surface area contributed by atoms with Crippen LogP contribution in [0, 0.1) is 11.8 Å². The van der Waals surface area contributed by atoms with Gasteiger partial charge in [0.2, 0.25) is 0 Å². The Bertz CT molecular complexity index is 737. The Morgan fingerprint density at radius 2 is 2.00 bits per heavy atom. The average Bonchev–Trinajstić information content (AvgIpc) is 2.45. The lowest BCUT2D eigenvalue weighted by Gasteiger charge is -2.15. The van der Waals surface area contributed by atoms with Crippen molar-refractivity contribution in [3.8, 4) is 23.3 Å². The van der Waals surface area contributed by atoms with E-state index < -0.39 is 5.63 Å². The fourth-order valence-electron chi connectivity index (χ4n) is 1.93. The molecule has 20 heavy (non-hydrogen) atoms. The molecule has 0 bridgehead atoms. The molecule has 5 heteroatoms. The molecule has 1 N–H and O–H groups in total. The van der Waals surface area contributed by atoms with E-state index >= 15 is 0 Å². The maximum absolute atomic E-state index is 11.3. The fraction of sp³-hybridized carbons (Fsp3) is 0.267. The monoisotopic (exact) mass is 273 g/mol. The highest BCUT2D eigenvalue weighted by Crippen LogP contribution is 2.41. The summed E-state index contributed by atoms with van der Waals surface area (Å²) in [4.78, 5) is 11.3. The second-order valence-electron chi connectivity index (χ2n) is 3.94. The standard InChI is InChI=1S/C15H15NO4/c1-4-5-8-16-11-9-12-10(6-7-13(17)20-12)14(18-2)15(11)19-3/h6-7,9,16H,8H2,1-3H3. The largest absolute Gasteiger partial charge is 0.492 e. The summed E-state index contributed by atoms with van der Waals surface area (Å²) < 4.78 is 15.9. The Balaban J connectivity index is 2.65. The van der Waals surface area contributed by atoms with Crippen LogP contribution in [-0.4, -0.2) is 20.8 Å². The molecule has 2 rings (SSSR count). The van der Waals surface area contributed by atoms with Gasteiger partial charge in [0.1, 0.15) is 5.58 Å². The highest BCUT2D eigenvalue weighted by molar-refractivity contribution is 5.91. The van der Waals surface area contributed by atoms with Crippen LogP contribution in [0.5, 0.6) is 11.5 Å². The fourth-order valence-corrected chi connectivity index (χ4v) is 1.93. The van der Waals surface area contributed by atoms with Crippen LogP contribution in [0.15, 0.2) is 27.4 Å². The Morgan fingerprint density at radius 1 is 1.25 bits per heavy atom. The van der Waals surface area contributed by atoms with Crippen LogP contribution in [0.2, 0.25) is 0 Å². The second-order valence-corrected chi connectivity index (χ2v) is 3.94. The normalized spacial score (nSPS) is 9.75. The first-order valence-electron chi connectivity index (χ1n) is 6.03. The van der Waals surface area contributed by atoms with E-state index in [1.54, 1.807) is 26.2 Å². The summed E-state index contributed by atoms with van der Waals surface area (Å²) in [7, 11) is 3.09. The van der Waals surface area contributed by atoms with Crippen molar-refractivity contribution >= 4 is 16.7 Å². The Morgan fingerprint density at radius 3 is 2.65 bits per heavy atom. The van der Waals surface area contributed by atoms with Crippen LogP contribution >= 0.6 is 0 Å². The van der Waals surface area contributed by atoms with Crippen molar-refractivity contribution in [3.05, 3.63) is 28.6 Å². The predicted molar refractivity (Wildman–Crippen MR) is 77.5 cm³/mol. The van der Waals surface area contributed by atoms with Crippen molar-refractivity contribution in [1.29, 1.82) is 0 Å². The molecule has 0 unspecified atom stereocenters. The lowest BCUT2D eigenvalue weighted by atomic mass is 10.1. The SMILES string of the molecule is CC#CCNc1cc2oc(=O)ccc2c(OC)c1OC. The summed E-state index contributed by atoms with van der Waals surface area (Å²) >= 11 is 0. The zero-order valence-electron chi connectivity index (χ0n) is 11.6. The Hall–Kier alpha value is -2.61. The zero-order chi connectivity index (χ0) is 14.5. The lowest BCUT2D eigenvalue weighted by molar-refractivity contribution is 0.359. The molecule has 0 aliphatic carbocycles. The molecular formula is C15H15NO4. The van der Waals surface area contributed by atoms with Crippen molar-refractivity contribution < 1.29 is 13.9 Å². The summed E-state index contributed by atoms with van der Waals surface area (Å²) in [5, 5.41) is 3.79. The third-order valence-electron chi connectivity index (χ3n) is 2.79. The molecule has 1 aromatic heterocycles. The molecule has 0 saturated heterocycles. The first kappa shape index (κ1) is 13.8. The van der Waals surface area contributed by atoms with Gasteiger partial charge in [0.15, 0.2) is 11.5 Å². The van der Waals surface area contributed by atoms with Gasteiger partial charge in [-0.2, -0.15) is 0 Å². The van der Waals surface area contributed by atoms with Gasteiger partial charge in [0, 0.05) is 12.1 Å². The van der Waals surface area contributed by atoms with E-state index in [9.17, 15) is 4.79 Å². The van der Waals surface area contributed by atoms with E-state index in [2.05, 4.69) is 17.2 Å². The number of rotatable bonds is 4. The maximum atomic E-state index is 11.3. The molecule has 0 atom stereocenters. The number of fused-ring (bicyclic) bond motifs is 1. The molecule has 0 radical (unpaired) electrons. The predicted octanol–water partition coefficient (Wildman–Crippen LogP) is 2.25. The molecule has 0 aliphatic rings. The van der Waals surface area contributed by atoms with Gasteiger partial charge in [-0.1, -0.05) is 5.92 Å². The molecule has 0 aliphatic heterocycles. The number of anilines is 1. The number of benzene rings is 1. The zero-order valence-corrected chi connectivity index (χ0v) is 11.6. The maximum Gasteiger partial charge on any atom is 0.336 e. The van der Waals surface area contributed by atoms with Crippen LogP contribution in [-0.2, 0) is 0 Å². The number of hydrogen-bond acceptors (Lipinski definition) is 5. The summed E-state index contributed by atoms with van der Waals surface area (Å²) in [6.07, 6.45) is 0. The minimum absolute atomic E-state index is 0.413. The van der Waals surface area contributed by atoms with Gasteiger partial charge < -0.3 is 19.2 Å². The van der Waals surface area contributed by atoms with E-state index in [1.165, 1.54) is 13.2 Å². The number of ether oxygens (including phenoxy) is 2. The highest BCUT2D eigenvalue weighted by Gasteiger charge is 2.16. The van der Waals surface area contributed by atoms with Crippen molar-refractivity contribution in [2.24, 2.45) is 0 Å². The van der Waals surface area contributed by atoms with E-state index in [1.807, 2.05) is 0 Å². The molecule has 0 amide bonds. The van der Waals surface area contributed by atoms with E-state index in [4.69, 9.17) is 13.9 Å². The van der Waals surface area contributed by atoms with Crippen molar-refractivity contribution in [2.45, 2.75) is 6.92 Å². The third kappa shape index (κ3) is 2.54.